The molecule has 0 spiro atoms. The van der Waals surface area contributed by atoms with Gasteiger partial charge >= 0.3 is 6.18 Å². The molecule has 0 saturated carbocycles. The maximum Gasteiger partial charge on any atom is 0.416 e. The molecule has 1 heterocycles. The van der Waals surface area contributed by atoms with Crippen molar-refractivity contribution >= 4 is 5.95 Å². The average Bonchev–Trinajstić information content (AvgIpc) is 2.93. The second-order valence-electron chi connectivity index (χ2n) is 6.62. The average molecular weight is 340 g/mol. The Labute approximate surface area is 140 Å². The monoisotopic (exact) mass is 340 g/mol. The van der Waals surface area contributed by atoms with Crippen LogP contribution in [0.3, 0.4) is 0 Å². The molecule has 0 amide bonds. The van der Waals surface area contributed by atoms with E-state index in [4.69, 9.17) is 0 Å². The highest BCUT2D eigenvalue weighted by Crippen LogP contribution is 2.31. The summed E-state index contributed by atoms with van der Waals surface area (Å²) in [6.45, 7) is 11.3. The van der Waals surface area contributed by atoms with Gasteiger partial charge in [-0.15, -0.1) is 5.10 Å². The Morgan fingerprint density at radius 1 is 1.08 bits per heavy atom. The molecule has 0 aliphatic rings. The molecular formula is C17H23F3N4. The highest BCUT2D eigenvalue weighted by molar-refractivity contribution is 5.44. The molecule has 2 rings (SSSR count). The highest BCUT2D eigenvalue weighted by atomic mass is 19.4. The maximum absolute atomic E-state index is 13.0. The molecule has 0 unspecified atom stereocenters. The molecule has 0 radical (unpaired) electrons. The van der Waals surface area contributed by atoms with E-state index < -0.39 is 11.7 Å². The lowest BCUT2D eigenvalue weighted by Gasteiger charge is -2.20. The van der Waals surface area contributed by atoms with Crippen molar-refractivity contribution in [3.8, 4) is 5.69 Å². The van der Waals surface area contributed by atoms with Gasteiger partial charge < -0.3 is 4.90 Å². The molecular weight excluding hydrogens is 317 g/mol. The summed E-state index contributed by atoms with van der Waals surface area (Å²) in [6.07, 6.45) is -4.39. The molecule has 7 heteroatoms. The second kappa shape index (κ2) is 6.45. The van der Waals surface area contributed by atoms with Crippen LogP contribution in [0.5, 0.6) is 0 Å². The van der Waals surface area contributed by atoms with Gasteiger partial charge in [-0.1, -0.05) is 26.8 Å². The van der Waals surface area contributed by atoms with Crippen LogP contribution in [0.1, 0.15) is 46.0 Å². The highest BCUT2D eigenvalue weighted by Gasteiger charge is 2.31. The van der Waals surface area contributed by atoms with Gasteiger partial charge in [-0.05, 0) is 32.0 Å². The van der Waals surface area contributed by atoms with E-state index >= 15 is 0 Å². The minimum Gasteiger partial charge on any atom is -0.341 e. The minimum absolute atomic E-state index is 0.297. The minimum atomic E-state index is -4.39. The molecule has 0 aliphatic carbocycles. The third-order valence-corrected chi connectivity index (χ3v) is 3.73. The van der Waals surface area contributed by atoms with Crippen molar-refractivity contribution in [2.75, 3.05) is 18.0 Å². The molecule has 1 aromatic heterocycles. The molecule has 0 fully saturated rings. The van der Waals surface area contributed by atoms with Crippen LogP contribution in [0.25, 0.3) is 5.69 Å². The summed E-state index contributed by atoms with van der Waals surface area (Å²) in [5, 5.41) is 4.49. The summed E-state index contributed by atoms with van der Waals surface area (Å²) in [5.41, 5.74) is -0.637. The van der Waals surface area contributed by atoms with Crippen LogP contribution in [-0.4, -0.2) is 27.9 Å². The first-order valence-corrected chi connectivity index (χ1v) is 7.98. The molecule has 2 aromatic rings. The number of rotatable bonds is 4. The van der Waals surface area contributed by atoms with Gasteiger partial charge in [0.1, 0.15) is 0 Å². The number of anilines is 1. The fraction of sp³-hybridized carbons (Fsp3) is 0.529. The van der Waals surface area contributed by atoms with E-state index in [0.717, 1.165) is 12.1 Å². The van der Waals surface area contributed by atoms with Crippen LogP contribution in [0, 0.1) is 0 Å². The van der Waals surface area contributed by atoms with E-state index in [-0.39, 0.29) is 5.41 Å². The Kier molecular flexibility index (Phi) is 4.92. The van der Waals surface area contributed by atoms with Crippen LogP contribution in [-0.2, 0) is 11.6 Å². The zero-order valence-electron chi connectivity index (χ0n) is 14.6. The molecule has 0 N–H and O–H groups in total. The van der Waals surface area contributed by atoms with Gasteiger partial charge in [0.15, 0.2) is 5.82 Å². The van der Waals surface area contributed by atoms with Crippen molar-refractivity contribution in [2.45, 2.75) is 46.2 Å². The van der Waals surface area contributed by atoms with Crippen molar-refractivity contribution in [2.24, 2.45) is 0 Å². The van der Waals surface area contributed by atoms with Crippen LogP contribution in [0.4, 0.5) is 19.1 Å². The number of halogens is 3. The van der Waals surface area contributed by atoms with E-state index in [9.17, 15) is 13.2 Å². The van der Waals surface area contributed by atoms with E-state index in [1.807, 2.05) is 39.5 Å². The normalized spacial score (nSPS) is 12.5. The fourth-order valence-electron chi connectivity index (χ4n) is 2.32. The Hall–Kier alpha value is -2.05. The van der Waals surface area contributed by atoms with Gasteiger partial charge in [0.2, 0.25) is 5.95 Å². The summed E-state index contributed by atoms with van der Waals surface area (Å²) >= 11 is 0. The summed E-state index contributed by atoms with van der Waals surface area (Å²) < 4.78 is 40.5. The van der Waals surface area contributed by atoms with E-state index in [1.54, 1.807) is 6.07 Å². The van der Waals surface area contributed by atoms with E-state index in [1.165, 1.54) is 10.7 Å². The van der Waals surface area contributed by atoms with Crippen LogP contribution in [0.2, 0.25) is 0 Å². The van der Waals surface area contributed by atoms with E-state index in [2.05, 4.69) is 10.1 Å². The molecule has 0 bridgehead atoms. The van der Waals surface area contributed by atoms with Gasteiger partial charge in [-0.2, -0.15) is 22.8 Å². The van der Waals surface area contributed by atoms with Gasteiger partial charge in [0.25, 0.3) is 0 Å². The van der Waals surface area contributed by atoms with Crippen LogP contribution in [0.15, 0.2) is 24.3 Å². The zero-order valence-corrected chi connectivity index (χ0v) is 14.6. The largest absolute Gasteiger partial charge is 0.416 e. The molecule has 0 atom stereocenters. The number of aromatic nitrogens is 3. The first kappa shape index (κ1) is 18.3. The van der Waals surface area contributed by atoms with Crippen molar-refractivity contribution in [3.63, 3.8) is 0 Å². The summed E-state index contributed by atoms with van der Waals surface area (Å²) in [5.74, 6) is 1.16. The first-order valence-electron chi connectivity index (χ1n) is 7.98. The smallest absolute Gasteiger partial charge is 0.341 e. The predicted molar refractivity (Wildman–Crippen MR) is 88.6 cm³/mol. The van der Waals surface area contributed by atoms with E-state index in [0.29, 0.717) is 30.5 Å². The molecule has 0 saturated heterocycles. The number of nitrogens with zero attached hydrogens (tertiary/aromatic N) is 4. The number of hydrogen-bond donors (Lipinski definition) is 0. The predicted octanol–water partition coefficient (Wildman–Crippen LogP) is 4.43. The van der Waals surface area contributed by atoms with Gasteiger partial charge in [-0.25, -0.2) is 0 Å². The quantitative estimate of drug-likeness (QED) is 0.826. The third-order valence-electron chi connectivity index (χ3n) is 3.73. The Balaban J connectivity index is 2.62. The standard InChI is InChI=1S/C17H23F3N4/c1-6-23(7-2)15-21-14(16(3,4)5)22-24(15)13-10-8-9-12(11-13)17(18,19)20/h8-11H,6-7H2,1-5H3. The molecule has 4 nitrogen and oxygen atoms in total. The number of hydrogen-bond acceptors (Lipinski definition) is 3. The van der Waals surface area contributed by atoms with Crippen molar-refractivity contribution in [3.05, 3.63) is 35.7 Å². The van der Waals surface area contributed by atoms with Crippen molar-refractivity contribution in [1.82, 2.24) is 14.8 Å². The van der Waals surface area contributed by atoms with Crippen molar-refractivity contribution < 1.29 is 13.2 Å². The molecule has 0 aliphatic heterocycles. The fourth-order valence-corrected chi connectivity index (χ4v) is 2.32. The maximum atomic E-state index is 13.0. The first-order chi connectivity index (χ1) is 11.1. The van der Waals surface area contributed by atoms with Gasteiger partial charge in [0, 0.05) is 18.5 Å². The molecule has 1 aromatic carbocycles. The summed E-state index contributed by atoms with van der Waals surface area (Å²) in [6, 6.07) is 5.17. The van der Waals surface area contributed by atoms with Crippen LogP contribution >= 0.6 is 0 Å². The van der Waals surface area contributed by atoms with Crippen molar-refractivity contribution in [1.29, 1.82) is 0 Å². The zero-order chi connectivity index (χ0) is 18.1. The second-order valence-corrected chi connectivity index (χ2v) is 6.62. The number of alkyl halides is 3. The third kappa shape index (κ3) is 3.71. The van der Waals surface area contributed by atoms with Gasteiger partial charge in [-0.3, -0.25) is 0 Å². The molecule has 132 valence electrons. The lowest BCUT2D eigenvalue weighted by Crippen LogP contribution is -2.25. The lowest BCUT2D eigenvalue weighted by atomic mass is 9.96. The Morgan fingerprint density at radius 2 is 1.71 bits per heavy atom. The van der Waals surface area contributed by atoms with Gasteiger partial charge in [0.05, 0.1) is 11.3 Å². The summed E-state index contributed by atoms with van der Waals surface area (Å²) in [4.78, 5) is 6.56. The molecule has 24 heavy (non-hydrogen) atoms. The SMILES string of the molecule is CCN(CC)c1nc(C(C)(C)C)nn1-c1cccc(C(F)(F)F)c1. The topological polar surface area (TPSA) is 34.0 Å². The Morgan fingerprint density at radius 3 is 2.21 bits per heavy atom. The summed E-state index contributed by atoms with van der Waals surface area (Å²) in [7, 11) is 0. The van der Waals surface area contributed by atoms with Crippen LogP contribution < -0.4 is 4.90 Å². The lowest BCUT2D eigenvalue weighted by molar-refractivity contribution is -0.137. The number of benzene rings is 1. The Bertz CT molecular complexity index is 695.